The molecule has 108 valence electrons. The Kier molecular flexibility index (Phi) is 4.52. The molecule has 1 fully saturated rings. The van der Waals surface area contributed by atoms with Crippen LogP contribution in [0.25, 0.3) is 0 Å². The second kappa shape index (κ2) is 6.33. The van der Waals surface area contributed by atoms with Crippen molar-refractivity contribution in [3.63, 3.8) is 0 Å². The largest absolute Gasteiger partial charge is 0.367 e. The number of morpholine rings is 1. The molecule has 0 aromatic carbocycles. The molecule has 1 aromatic heterocycles. The molecular formula is C13H18N4O3. The predicted molar refractivity (Wildman–Crippen MR) is 73.4 cm³/mol. The van der Waals surface area contributed by atoms with Crippen molar-refractivity contribution in [3.8, 4) is 0 Å². The van der Waals surface area contributed by atoms with Gasteiger partial charge in [0.1, 0.15) is 5.69 Å². The molecule has 2 rings (SSSR count). The highest BCUT2D eigenvalue weighted by Gasteiger charge is 2.25. The van der Waals surface area contributed by atoms with Gasteiger partial charge in [0.15, 0.2) is 6.10 Å². The lowest BCUT2D eigenvalue weighted by molar-refractivity contribution is -0.130. The number of aromatic nitrogens is 1. The fraction of sp³-hybridized carbons (Fsp3) is 0.462. The van der Waals surface area contributed by atoms with Gasteiger partial charge in [0.25, 0.3) is 5.91 Å². The third-order valence-corrected chi connectivity index (χ3v) is 3.06. The quantitative estimate of drug-likeness (QED) is 0.775. The van der Waals surface area contributed by atoms with Gasteiger partial charge < -0.3 is 20.7 Å². The summed E-state index contributed by atoms with van der Waals surface area (Å²) in [6, 6.07) is 3.50. The Hall–Kier alpha value is -2.15. The Bertz CT molecular complexity index is 506. The van der Waals surface area contributed by atoms with E-state index in [4.69, 9.17) is 10.5 Å². The first kappa shape index (κ1) is 14.3. The van der Waals surface area contributed by atoms with Crippen molar-refractivity contribution < 1.29 is 14.3 Å². The monoisotopic (exact) mass is 278 g/mol. The molecule has 0 spiro atoms. The molecule has 3 N–H and O–H groups in total. The number of amides is 2. The smallest absolute Gasteiger partial charge is 0.269 e. The van der Waals surface area contributed by atoms with E-state index in [2.05, 4.69) is 10.3 Å². The van der Waals surface area contributed by atoms with Gasteiger partial charge in [-0.3, -0.25) is 14.6 Å². The Labute approximate surface area is 117 Å². The zero-order valence-corrected chi connectivity index (χ0v) is 11.3. The summed E-state index contributed by atoms with van der Waals surface area (Å²) >= 11 is 0. The van der Waals surface area contributed by atoms with Gasteiger partial charge in [0.05, 0.1) is 13.2 Å². The van der Waals surface area contributed by atoms with Crippen molar-refractivity contribution in [2.24, 2.45) is 5.73 Å². The van der Waals surface area contributed by atoms with Crippen molar-refractivity contribution >= 4 is 17.5 Å². The maximum atomic E-state index is 11.8. The molecule has 2 heterocycles. The van der Waals surface area contributed by atoms with Crippen LogP contribution in [-0.2, 0) is 9.53 Å². The zero-order chi connectivity index (χ0) is 14.5. The number of carbonyl (C=O) groups excluding carboxylic acids is 2. The van der Waals surface area contributed by atoms with Crippen LogP contribution in [0, 0.1) is 0 Å². The third-order valence-electron chi connectivity index (χ3n) is 3.06. The van der Waals surface area contributed by atoms with Crippen LogP contribution in [0.2, 0.25) is 0 Å². The van der Waals surface area contributed by atoms with Crippen LogP contribution in [0.1, 0.15) is 17.4 Å². The Morgan fingerprint density at radius 1 is 1.60 bits per heavy atom. The summed E-state index contributed by atoms with van der Waals surface area (Å²) in [5.74, 6) is -0.693. The van der Waals surface area contributed by atoms with E-state index in [0.717, 1.165) is 5.69 Å². The Morgan fingerprint density at radius 2 is 2.40 bits per heavy atom. The molecule has 1 aromatic rings. The highest BCUT2D eigenvalue weighted by atomic mass is 16.5. The minimum Gasteiger partial charge on any atom is -0.367 e. The molecule has 0 saturated carbocycles. The standard InChI is InChI=1S/C13H18N4O3/c1-2-15-13(19)10-7-9(3-4-16-10)17-5-6-20-11(8-17)12(14)18/h3-4,7,11H,2,5-6,8H2,1H3,(H2,14,18)(H,15,19)/t11-/m1/s1. The predicted octanol–water partition coefficient (Wildman–Crippen LogP) is -0.478. The first-order chi connectivity index (χ1) is 9.61. The van der Waals surface area contributed by atoms with E-state index in [1.54, 1.807) is 18.3 Å². The van der Waals surface area contributed by atoms with Crippen molar-refractivity contribution in [1.82, 2.24) is 10.3 Å². The molecule has 0 radical (unpaired) electrons. The van der Waals surface area contributed by atoms with Crippen LogP contribution in [0.3, 0.4) is 0 Å². The number of carbonyl (C=O) groups is 2. The van der Waals surface area contributed by atoms with Crippen molar-refractivity contribution in [3.05, 3.63) is 24.0 Å². The summed E-state index contributed by atoms with van der Waals surface area (Å²) in [5, 5.41) is 2.70. The molecular weight excluding hydrogens is 260 g/mol. The number of primary amides is 1. The molecule has 2 amide bonds. The lowest BCUT2D eigenvalue weighted by Crippen LogP contribution is -2.48. The summed E-state index contributed by atoms with van der Waals surface area (Å²) in [7, 11) is 0. The van der Waals surface area contributed by atoms with Gasteiger partial charge >= 0.3 is 0 Å². The fourth-order valence-electron chi connectivity index (χ4n) is 2.05. The molecule has 1 saturated heterocycles. The SMILES string of the molecule is CCNC(=O)c1cc(N2CCO[C@@H](C(N)=O)C2)ccn1. The van der Waals surface area contributed by atoms with Crippen LogP contribution in [0.4, 0.5) is 5.69 Å². The topological polar surface area (TPSA) is 97.5 Å². The van der Waals surface area contributed by atoms with Crippen molar-refractivity contribution in [2.45, 2.75) is 13.0 Å². The van der Waals surface area contributed by atoms with Crippen molar-refractivity contribution in [2.75, 3.05) is 31.1 Å². The Morgan fingerprint density at radius 3 is 3.10 bits per heavy atom. The van der Waals surface area contributed by atoms with E-state index in [-0.39, 0.29) is 5.91 Å². The van der Waals surface area contributed by atoms with E-state index in [0.29, 0.717) is 31.9 Å². The lowest BCUT2D eigenvalue weighted by Gasteiger charge is -2.33. The average Bonchev–Trinajstić information content (AvgIpc) is 2.48. The first-order valence-electron chi connectivity index (χ1n) is 6.52. The molecule has 0 unspecified atom stereocenters. The summed E-state index contributed by atoms with van der Waals surface area (Å²) in [6.07, 6.45) is 0.957. The van der Waals surface area contributed by atoms with Crippen LogP contribution in [0.5, 0.6) is 0 Å². The molecule has 1 aliphatic heterocycles. The molecule has 1 aliphatic rings. The van der Waals surface area contributed by atoms with E-state index in [9.17, 15) is 9.59 Å². The number of pyridine rings is 1. The van der Waals surface area contributed by atoms with Gasteiger partial charge in [0.2, 0.25) is 5.91 Å². The molecule has 20 heavy (non-hydrogen) atoms. The average molecular weight is 278 g/mol. The minimum atomic E-state index is -0.621. The zero-order valence-electron chi connectivity index (χ0n) is 11.3. The van der Waals surface area contributed by atoms with Gasteiger partial charge in [-0.05, 0) is 19.1 Å². The molecule has 0 bridgehead atoms. The fourth-order valence-corrected chi connectivity index (χ4v) is 2.05. The van der Waals surface area contributed by atoms with Gasteiger partial charge in [-0.1, -0.05) is 0 Å². The summed E-state index contributed by atoms with van der Waals surface area (Å²) < 4.78 is 5.30. The van der Waals surface area contributed by atoms with Crippen LogP contribution in [-0.4, -0.2) is 49.1 Å². The number of nitrogens with zero attached hydrogens (tertiary/aromatic N) is 2. The van der Waals surface area contributed by atoms with Gasteiger partial charge in [-0.15, -0.1) is 0 Å². The van der Waals surface area contributed by atoms with Crippen LogP contribution in [0.15, 0.2) is 18.3 Å². The normalized spacial score (nSPS) is 18.6. The number of anilines is 1. The number of nitrogens with one attached hydrogen (secondary N) is 1. The number of rotatable bonds is 4. The first-order valence-corrected chi connectivity index (χ1v) is 6.52. The van der Waals surface area contributed by atoms with Gasteiger partial charge in [-0.25, -0.2) is 0 Å². The molecule has 7 nitrogen and oxygen atoms in total. The highest BCUT2D eigenvalue weighted by Crippen LogP contribution is 2.18. The maximum absolute atomic E-state index is 11.8. The summed E-state index contributed by atoms with van der Waals surface area (Å²) in [5.41, 5.74) is 6.44. The summed E-state index contributed by atoms with van der Waals surface area (Å²) in [4.78, 5) is 29.0. The highest BCUT2D eigenvalue weighted by molar-refractivity contribution is 5.93. The Balaban J connectivity index is 2.14. The van der Waals surface area contributed by atoms with E-state index >= 15 is 0 Å². The summed E-state index contributed by atoms with van der Waals surface area (Å²) in [6.45, 7) is 3.84. The van der Waals surface area contributed by atoms with Crippen LogP contribution < -0.4 is 16.0 Å². The van der Waals surface area contributed by atoms with E-state index in [1.807, 2.05) is 11.8 Å². The number of nitrogens with two attached hydrogens (primary N) is 1. The van der Waals surface area contributed by atoms with Gasteiger partial charge in [-0.2, -0.15) is 0 Å². The number of hydrogen-bond donors (Lipinski definition) is 2. The molecule has 1 atom stereocenters. The second-order valence-corrected chi connectivity index (χ2v) is 4.47. The van der Waals surface area contributed by atoms with Crippen molar-refractivity contribution in [1.29, 1.82) is 0 Å². The third kappa shape index (κ3) is 3.24. The lowest BCUT2D eigenvalue weighted by atomic mass is 10.2. The van der Waals surface area contributed by atoms with E-state index < -0.39 is 12.0 Å². The van der Waals surface area contributed by atoms with Gasteiger partial charge in [0, 0.05) is 25.0 Å². The molecule has 7 heteroatoms. The number of hydrogen-bond acceptors (Lipinski definition) is 5. The molecule has 0 aliphatic carbocycles. The number of ether oxygens (including phenoxy) is 1. The van der Waals surface area contributed by atoms with E-state index in [1.165, 1.54) is 0 Å². The minimum absolute atomic E-state index is 0.214. The van der Waals surface area contributed by atoms with Crippen LogP contribution >= 0.6 is 0 Å². The maximum Gasteiger partial charge on any atom is 0.269 e. The second-order valence-electron chi connectivity index (χ2n) is 4.47.